The van der Waals surface area contributed by atoms with Gasteiger partial charge in [0.05, 0.1) is 0 Å². The molecule has 0 bridgehead atoms. The minimum atomic E-state index is 0.802. The van der Waals surface area contributed by atoms with Gasteiger partial charge in [0.15, 0.2) is 0 Å². The van der Waals surface area contributed by atoms with E-state index >= 15 is 0 Å². The molecule has 0 aliphatic heterocycles. The third-order valence-electron chi connectivity index (χ3n) is 2.94. The Labute approximate surface area is 114 Å². The zero-order valence-electron chi connectivity index (χ0n) is 10.4. The van der Waals surface area contributed by atoms with Crippen LogP contribution in [0.4, 0.5) is 0 Å². The Morgan fingerprint density at radius 3 is 1.89 bits per heavy atom. The van der Waals surface area contributed by atoms with E-state index in [-0.39, 0.29) is 0 Å². The summed E-state index contributed by atoms with van der Waals surface area (Å²) in [6.45, 7) is 2.03. The van der Waals surface area contributed by atoms with Crippen molar-refractivity contribution in [1.29, 1.82) is 0 Å². The Bertz CT molecular complexity index is 450. The molecule has 0 radical (unpaired) electrons. The molecule has 0 aromatic heterocycles. The van der Waals surface area contributed by atoms with Crippen LogP contribution >= 0.6 is 11.6 Å². The quantitative estimate of drug-likeness (QED) is 0.780. The first kappa shape index (κ1) is 13.1. The Hall–Kier alpha value is -1.31. The van der Waals surface area contributed by atoms with Crippen LogP contribution in [0.1, 0.15) is 11.1 Å². The summed E-state index contributed by atoms with van der Waals surface area (Å²) in [7, 11) is 0. The first-order valence-electron chi connectivity index (χ1n) is 6.34. The summed E-state index contributed by atoms with van der Waals surface area (Å²) in [5.74, 6) is 0. The summed E-state index contributed by atoms with van der Waals surface area (Å²) in [6.07, 6.45) is 2.13. The van der Waals surface area contributed by atoms with Gasteiger partial charge in [-0.3, -0.25) is 0 Å². The molecule has 2 heteroatoms. The zero-order valence-corrected chi connectivity index (χ0v) is 11.2. The van der Waals surface area contributed by atoms with Crippen molar-refractivity contribution in [3.8, 4) is 0 Å². The highest BCUT2D eigenvalue weighted by atomic mass is 35.5. The standard InChI is InChI=1S/C16H18ClN/c17-16-8-6-15(7-9-16)11-13-18-12-10-14-4-2-1-3-5-14/h1-9,18H,10-13H2. The Morgan fingerprint density at radius 1 is 0.722 bits per heavy atom. The molecule has 94 valence electrons. The van der Waals surface area contributed by atoms with E-state index < -0.39 is 0 Å². The van der Waals surface area contributed by atoms with Crippen LogP contribution in [0.2, 0.25) is 5.02 Å². The molecule has 2 rings (SSSR count). The predicted octanol–water partition coefficient (Wildman–Crippen LogP) is 3.71. The van der Waals surface area contributed by atoms with Crippen LogP contribution in [0.3, 0.4) is 0 Å². The molecule has 18 heavy (non-hydrogen) atoms. The fourth-order valence-corrected chi connectivity index (χ4v) is 2.01. The maximum atomic E-state index is 5.85. The summed E-state index contributed by atoms with van der Waals surface area (Å²) in [5.41, 5.74) is 2.71. The van der Waals surface area contributed by atoms with Crippen molar-refractivity contribution in [2.75, 3.05) is 13.1 Å². The molecule has 0 unspecified atom stereocenters. The van der Waals surface area contributed by atoms with E-state index in [0.717, 1.165) is 31.0 Å². The lowest BCUT2D eigenvalue weighted by molar-refractivity contribution is 0.682. The molecular weight excluding hydrogens is 242 g/mol. The third-order valence-corrected chi connectivity index (χ3v) is 3.19. The summed E-state index contributed by atoms with van der Waals surface area (Å²) in [4.78, 5) is 0. The first-order chi connectivity index (χ1) is 8.84. The molecule has 0 atom stereocenters. The average molecular weight is 260 g/mol. The topological polar surface area (TPSA) is 12.0 Å². The second-order valence-electron chi connectivity index (χ2n) is 4.36. The molecular formula is C16H18ClN. The average Bonchev–Trinajstić information content (AvgIpc) is 2.42. The Kier molecular flexibility index (Phi) is 5.25. The highest BCUT2D eigenvalue weighted by Gasteiger charge is 1.94. The SMILES string of the molecule is Clc1ccc(CCNCCc2ccccc2)cc1. The monoisotopic (exact) mass is 259 g/mol. The molecule has 0 heterocycles. The van der Waals surface area contributed by atoms with E-state index in [1.54, 1.807) is 0 Å². The maximum absolute atomic E-state index is 5.85. The lowest BCUT2D eigenvalue weighted by Crippen LogP contribution is -2.20. The van der Waals surface area contributed by atoms with Crippen LogP contribution in [0.15, 0.2) is 54.6 Å². The van der Waals surface area contributed by atoms with Gasteiger partial charge in [-0.05, 0) is 49.2 Å². The van der Waals surface area contributed by atoms with Gasteiger partial charge in [0.25, 0.3) is 0 Å². The lowest BCUT2D eigenvalue weighted by atomic mass is 10.1. The number of rotatable bonds is 6. The number of hydrogen-bond donors (Lipinski definition) is 1. The van der Waals surface area contributed by atoms with Gasteiger partial charge in [-0.1, -0.05) is 54.1 Å². The normalized spacial score (nSPS) is 10.5. The van der Waals surface area contributed by atoms with Crippen LogP contribution in [-0.4, -0.2) is 13.1 Å². The van der Waals surface area contributed by atoms with Gasteiger partial charge in [-0.2, -0.15) is 0 Å². The molecule has 0 fully saturated rings. The van der Waals surface area contributed by atoms with Crippen LogP contribution < -0.4 is 5.32 Å². The largest absolute Gasteiger partial charge is 0.316 e. The maximum Gasteiger partial charge on any atom is 0.0406 e. The second kappa shape index (κ2) is 7.20. The molecule has 0 saturated carbocycles. The first-order valence-corrected chi connectivity index (χ1v) is 6.71. The predicted molar refractivity (Wildman–Crippen MR) is 78.2 cm³/mol. The minimum absolute atomic E-state index is 0.802. The molecule has 1 nitrogen and oxygen atoms in total. The van der Waals surface area contributed by atoms with Crippen LogP contribution in [0.5, 0.6) is 0 Å². The number of hydrogen-bond acceptors (Lipinski definition) is 1. The van der Waals surface area contributed by atoms with Gasteiger partial charge in [0.1, 0.15) is 0 Å². The summed E-state index contributed by atoms with van der Waals surface area (Å²) < 4.78 is 0. The van der Waals surface area contributed by atoms with Crippen molar-refractivity contribution in [1.82, 2.24) is 5.32 Å². The highest BCUT2D eigenvalue weighted by Crippen LogP contribution is 2.09. The Balaban J connectivity index is 1.63. The third kappa shape index (κ3) is 4.52. The van der Waals surface area contributed by atoms with E-state index in [4.69, 9.17) is 11.6 Å². The highest BCUT2D eigenvalue weighted by molar-refractivity contribution is 6.30. The second-order valence-corrected chi connectivity index (χ2v) is 4.80. The smallest absolute Gasteiger partial charge is 0.0406 e. The molecule has 0 amide bonds. The van der Waals surface area contributed by atoms with Gasteiger partial charge in [-0.25, -0.2) is 0 Å². The molecule has 0 saturated heterocycles. The van der Waals surface area contributed by atoms with Crippen LogP contribution in [0, 0.1) is 0 Å². The van der Waals surface area contributed by atoms with Gasteiger partial charge < -0.3 is 5.32 Å². The number of halogens is 1. The van der Waals surface area contributed by atoms with E-state index in [0.29, 0.717) is 0 Å². The molecule has 2 aromatic rings. The van der Waals surface area contributed by atoms with Crippen LogP contribution in [0.25, 0.3) is 0 Å². The van der Waals surface area contributed by atoms with Gasteiger partial charge in [0, 0.05) is 5.02 Å². The molecule has 0 aliphatic rings. The van der Waals surface area contributed by atoms with E-state index in [1.165, 1.54) is 11.1 Å². The van der Waals surface area contributed by atoms with E-state index in [1.807, 2.05) is 12.1 Å². The summed E-state index contributed by atoms with van der Waals surface area (Å²) in [5, 5.41) is 4.27. The van der Waals surface area contributed by atoms with Crippen molar-refractivity contribution in [2.45, 2.75) is 12.8 Å². The Morgan fingerprint density at radius 2 is 1.28 bits per heavy atom. The van der Waals surface area contributed by atoms with E-state index in [2.05, 4.69) is 47.8 Å². The van der Waals surface area contributed by atoms with Gasteiger partial charge in [0.2, 0.25) is 0 Å². The fraction of sp³-hybridized carbons (Fsp3) is 0.250. The molecule has 0 aliphatic carbocycles. The number of nitrogens with one attached hydrogen (secondary N) is 1. The van der Waals surface area contributed by atoms with Gasteiger partial charge >= 0.3 is 0 Å². The van der Waals surface area contributed by atoms with Crippen molar-refractivity contribution < 1.29 is 0 Å². The van der Waals surface area contributed by atoms with Crippen molar-refractivity contribution in [3.05, 3.63) is 70.7 Å². The van der Waals surface area contributed by atoms with E-state index in [9.17, 15) is 0 Å². The van der Waals surface area contributed by atoms with Crippen molar-refractivity contribution in [3.63, 3.8) is 0 Å². The summed E-state index contributed by atoms with van der Waals surface area (Å²) in [6, 6.07) is 18.6. The summed E-state index contributed by atoms with van der Waals surface area (Å²) >= 11 is 5.85. The minimum Gasteiger partial charge on any atom is -0.316 e. The van der Waals surface area contributed by atoms with Gasteiger partial charge in [-0.15, -0.1) is 0 Å². The van der Waals surface area contributed by atoms with Crippen LogP contribution in [-0.2, 0) is 12.8 Å². The molecule has 0 spiro atoms. The number of benzene rings is 2. The van der Waals surface area contributed by atoms with Crippen molar-refractivity contribution >= 4 is 11.6 Å². The fourth-order valence-electron chi connectivity index (χ4n) is 1.89. The molecule has 2 aromatic carbocycles. The van der Waals surface area contributed by atoms with Crippen molar-refractivity contribution in [2.24, 2.45) is 0 Å². The zero-order chi connectivity index (χ0) is 12.6. The lowest BCUT2D eigenvalue weighted by Gasteiger charge is -2.05. The molecule has 1 N–H and O–H groups in total.